The van der Waals surface area contributed by atoms with Gasteiger partial charge in [-0.1, -0.05) is 6.92 Å². The Morgan fingerprint density at radius 3 is 2.89 bits per heavy atom. The van der Waals surface area contributed by atoms with Gasteiger partial charge in [-0.15, -0.1) is 0 Å². The van der Waals surface area contributed by atoms with Gasteiger partial charge in [-0.25, -0.2) is 0 Å². The Balaban J connectivity index is 2.12. The molecule has 0 bridgehead atoms. The van der Waals surface area contributed by atoms with E-state index in [4.69, 9.17) is 4.74 Å². The molecule has 1 fully saturated rings. The molecule has 0 amide bonds. The van der Waals surface area contributed by atoms with Crippen LogP contribution in [0.2, 0.25) is 0 Å². The Hall–Kier alpha value is -0.810. The molecule has 0 aromatic rings. The molecule has 5 nitrogen and oxygen atoms in total. The smallest absolute Gasteiger partial charge is 0.191 e. The van der Waals surface area contributed by atoms with Crippen LogP contribution in [0.25, 0.3) is 0 Å². The van der Waals surface area contributed by atoms with Crippen LogP contribution in [-0.4, -0.2) is 63.8 Å². The van der Waals surface area contributed by atoms with E-state index in [-0.39, 0.29) is 0 Å². The first-order chi connectivity index (χ1) is 9.30. The number of nitrogens with zero attached hydrogens (tertiary/aromatic N) is 2. The van der Waals surface area contributed by atoms with Gasteiger partial charge in [0.1, 0.15) is 0 Å². The van der Waals surface area contributed by atoms with E-state index in [1.165, 1.54) is 32.5 Å². The predicted octanol–water partition coefficient (Wildman–Crippen LogP) is 0.920. The molecular weight excluding hydrogens is 240 g/mol. The number of nitrogens with one attached hydrogen (secondary N) is 2. The van der Waals surface area contributed by atoms with Crippen LogP contribution in [0, 0.1) is 5.92 Å². The van der Waals surface area contributed by atoms with Crippen LogP contribution in [0.1, 0.15) is 26.7 Å². The first-order valence-electron chi connectivity index (χ1n) is 7.54. The van der Waals surface area contributed by atoms with Crippen LogP contribution >= 0.6 is 0 Å². The van der Waals surface area contributed by atoms with Gasteiger partial charge in [-0.3, -0.25) is 4.99 Å². The highest BCUT2D eigenvalue weighted by Crippen LogP contribution is 2.15. The summed E-state index contributed by atoms with van der Waals surface area (Å²) in [5.41, 5.74) is 0. The molecule has 1 heterocycles. The second kappa shape index (κ2) is 10.0. The average Bonchev–Trinajstić information content (AvgIpc) is 2.86. The number of likely N-dealkylation sites (tertiary alicyclic amines) is 1. The summed E-state index contributed by atoms with van der Waals surface area (Å²) in [5, 5.41) is 6.67. The van der Waals surface area contributed by atoms with E-state index in [1.54, 1.807) is 0 Å². The predicted molar refractivity (Wildman–Crippen MR) is 80.7 cm³/mol. The summed E-state index contributed by atoms with van der Waals surface area (Å²) in [6, 6.07) is 0. The minimum atomic E-state index is 0.727. The molecule has 112 valence electrons. The minimum absolute atomic E-state index is 0.727. The third-order valence-electron chi connectivity index (χ3n) is 3.43. The van der Waals surface area contributed by atoms with E-state index in [2.05, 4.69) is 27.4 Å². The third-order valence-corrected chi connectivity index (χ3v) is 3.43. The Kier molecular flexibility index (Phi) is 8.58. The van der Waals surface area contributed by atoms with Gasteiger partial charge in [0.25, 0.3) is 0 Å². The molecule has 19 heavy (non-hydrogen) atoms. The molecule has 0 radical (unpaired) electrons. The number of guanidine groups is 1. The van der Waals surface area contributed by atoms with E-state index in [9.17, 15) is 0 Å². The number of hydrogen-bond acceptors (Lipinski definition) is 3. The molecule has 1 atom stereocenters. The fraction of sp³-hybridized carbons (Fsp3) is 0.929. The molecule has 0 aromatic carbocycles. The maximum atomic E-state index is 5.30. The molecule has 1 aliphatic rings. The molecule has 0 aliphatic carbocycles. The molecular formula is C14H30N4O. The second-order valence-corrected chi connectivity index (χ2v) is 5.03. The summed E-state index contributed by atoms with van der Waals surface area (Å²) in [4.78, 5) is 6.78. The lowest BCUT2D eigenvalue weighted by atomic mass is 10.1. The maximum absolute atomic E-state index is 5.30. The van der Waals surface area contributed by atoms with Crippen LogP contribution < -0.4 is 10.6 Å². The summed E-state index contributed by atoms with van der Waals surface area (Å²) in [5.74, 6) is 1.63. The lowest BCUT2D eigenvalue weighted by Crippen LogP contribution is -2.41. The Morgan fingerprint density at radius 1 is 1.37 bits per heavy atom. The minimum Gasteiger partial charge on any atom is -0.380 e. The van der Waals surface area contributed by atoms with Crippen molar-refractivity contribution in [1.82, 2.24) is 15.5 Å². The van der Waals surface area contributed by atoms with Crippen molar-refractivity contribution in [2.45, 2.75) is 26.7 Å². The standard InChI is InChI=1S/C14H30N4O/c1-4-8-18-9-6-13(12-18)11-17-14(15-3)16-7-10-19-5-2/h13H,4-12H2,1-3H3,(H2,15,16,17). The summed E-state index contributed by atoms with van der Waals surface area (Å²) < 4.78 is 5.30. The SMILES string of the molecule is CCCN1CCC(CNC(=NC)NCCOCC)C1. The number of hydrogen-bond donors (Lipinski definition) is 2. The zero-order chi connectivity index (χ0) is 13.9. The summed E-state index contributed by atoms with van der Waals surface area (Å²) in [6.45, 7) is 11.3. The number of rotatable bonds is 8. The highest BCUT2D eigenvalue weighted by molar-refractivity contribution is 5.79. The highest BCUT2D eigenvalue weighted by Gasteiger charge is 2.21. The van der Waals surface area contributed by atoms with Gasteiger partial charge in [0.15, 0.2) is 5.96 Å². The molecule has 5 heteroatoms. The lowest BCUT2D eigenvalue weighted by Gasteiger charge is -2.17. The van der Waals surface area contributed by atoms with E-state index in [0.717, 1.165) is 38.2 Å². The average molecular weight is 270 g/mol. The fourth-order valence-electron chi connectivity index (χ4n) is 2.45. The molecule has 1 aliphatic heterocycles. The van der Waals surface area contributed by atoms with Crippen molar-refractivity contribution in [3.63, 3.8) is 0 Å². The van der Waals surface area contributed by atoms with Crippen molar-refractivity contribution in [1.29, 1.82) is 0 Å². The molecule has 0 saturated carbocycles. The monoisotopic (exact) mass is 270 g/mol. The zero-order valence-electron chi connectivity index (χ0n) is 12.7. The van der Waals surface area contributed by atoms with Gasteiger partial charge in [0.2, 0.25) is 0 Å². The Morgan fingerprint density at radius 2 is 2.21 bits per heavy atom. The van der Waals surface area contributed by atoms with Crippen molar-refractivity contribution >= 4 is 5.96 Å². The van der Waals surface area contributed by atoms with Gasteiger partial charge >= 0.3 is 0 Å². The van der Waals surface area contributed by atoms with Gasteiger partial charge in [-0.2, -0.15) is 0 Å². The van der Waals surface area contributed by atoms with Gasteiger partial charge in [-0.05, 0) is 38.8 Å². The van der Waals surface area contributed by atoms with Crippen LogP contribution in [-0.2, 0) is 4.74 Å². The summed E-state index contributed by atoms with van der Waals surface area (Å²) >= 11 is 0. The van der Waals surface area contributed by atoms with E-state index in [0.29, 0.717) is 0 Å². The van der Waals surface area contributed by atoms with Crippen molar-refractivity contribution in [3.05, 3.63) is 0 Å². The Labute approximate surface area is 117 Å². The van der Waals surface area contributed by atoms with Crippen LogP contribution in [0.4, 0.5) is 0 Å². The maximum Gasteiger partial charge on any atom is 0.191 e. The molecule has 0 spiro atoms. The topological polar surface area (TPSA) is 48.9 Å². The first kappa shape index (κ1) is 16.2. The molecule has 1 rings (SSSR count). The fourth-order valence-corrected chi connectivity index (χ4v) is 2.45. The van der Waals surface area contributed by atoms with Gasteiger partial charge < -0.3 is 20.3 Å². The third kappa shape index (κ3) is 6.78. The lowest BCUT2D eigenvalue weighted by molar-refractivity contribution is 0.152. The largest absolute Gasteiger partial charge is 0.380 e. The van der Waals surface area contributed by atoms with Crippen LogP contribution in [0.3, 0.4) is 0 Å². The van der Waals surface area contributed by atoms with E-state index >= 15 is 0 Å². The first-order valence-corrected chi connectivity index (χ1v) is 7.54. The number of ether oxygens (including phenoxy) is 1. The molecule has 1 unspecified atom stereocenters. The van der Waals surface area contributed by atoms with Crippen molar-refractivity contribution in [2.24, 2.45) is 10.9 Å². The molecule has 1 saturated heterocycles. The summed E-state index contributed by atoms with van der Waals surface area (Å²) in [7, 11) is 1.81. The van der Waals surface area contributed by atoms with Crippen molar-refractivity contribution in [2.75, 3.05) is 53.0 Å². The van der Waals surface area contributed by atoms with Crippen LogP contribution in [0.5, 0.6) is 0 Å². The zero-order valence-corrected chi connectivity index (χ0v) is 12.7. The van der Waals surface area contributed by atoms with Gasteiger partial charge in [0, 0.05) is 33.3 Å². The van der Waals surface area contributed by atoms with E-state index < -0.39 is 0 Å². The van der Waals surface area contributed by atoms with Crippen molar-refractivity contribution in [3.8, 4) is 0 Å². The highest BCUT2D eigenvalue weighted by atomic mass is 16.5. The van der Waals surface area contributed by atoms with E-state index in [1.807, 2.05) is 14.0 Å². The molecule has 2 N–H and O–H groups in total. The van der Waals surface area contributed by atoms with Crippen LogP contribution in [0.15, 0.2) is 4.99 Å². The quantitative estimate of drug-likeness (QED) is 0.391. The van der Waals surface area contributed by atoms with Crippen molar-refractivity contribution < 1.29 is 4.74 Å². The molecule has 0 aromatic heterocycles. The Bertz CT molecular complexity index is 258. The normalized spacial score (nSPS) is 20.8. The number of aliphatic imine (C=N–C) groups is 1. The second-order valence-electron chi connectivity index (χ2n) is 5.03. The summed E-state index contributed by atoms with van der Waals surface area (Å²) in [6.07, 6.45) is 2.55. The van der Waals surface area contributed by atoms with Gasteiger partial charge in [0.05, 0.1) is 6.61 Å².